The summed E-state index contributed by atoms with van der Waals surface area (Å²) in [5.74, 6) is -2.63. The SMILES string of the molecule is CC(C)(C)C(=O)OCOP(=O)(OCOC(=O)C(C)(C)C)C(F)(F)c1ccc2c(c1)cc(C(=O)OCc1ccccc1)n2C(=O)OCc1ccccc1. The van der Waals surface area contributed by atoms with E-state index in [4.69, 9.17) is 28.0 Å². The van der Waals surface area contributed by atoms with Gasteiger partial charge >= 0.3 is 37.3 Å². The first-order valence-electron chi connectivity index (χ1n) is 16.0. The zero-order chi connectivity index (χ0) is 38.3. The molecule has 4 aromatic rings. The number of alkyl halides is 2. The van der Waals surface area contributed by atoms with E-state index in [0.29, 0.717) is 11.1 Å². The number of fused-ring (bicyclic) bond motifs is 1. The van der Waals surface area contributed by atoms with E-state index < -0.39 is 67.2 Å². The molecule has 15 heteroatoms. The summed E-state index contributed by atoms with van der Waals surface area (Å²) in [6.45, 7) is 6.39. The van der Waals surface area contributed by atoms with Crippen molar-refractivity contribution in [2.45, 2.75) is 60.4 Å². The molecule has 3 aromatic carbocycles. The van der Waals surface area contributed by atoms with E-state index in [1.807, 2.05) is 0 Å². The lowest BCUT2D eigenvalue weighted by Gasteiger charge is -2.27. The molecule has 0 radical (unpaired) electrons. The summed E-state index contributed by atoms with van der Waals surface area (Å²) in [6.07, 6.45) is -0.997. The fourth-order valence-electron chi connectivity index (χ4n) is 4.42. The van der Waals surface area contributed by atoms with Crippen molar-refractivity contribution in [1.29, 1.82) is 0 Å². The van der Waals surface area contributed by atoms with Gasteiger partial charge in [-0.25, -0.2) is 14.2 Å². The highest BCUT2D eigenvalue weighted by atomic mass is 31.2. The molecule has 12 nitrogen and oxygen atoms in total. The predicted molar refractivity (Wildman–Crippen MR) is 184 cm³/mol. The largest absolute Gasteiger partial charge is 0.456 e. The topological polar surface area (TPSA) is 146 Å². The van der Waals surface area contributed by atoms with Crippen molar-refractivity contribution in [2.24, 2.45) is 10.8 Å². The summed E-state index contributed by atoms with van der Waals surface area (Å²) in [7, 11) is -5.65. The van der Waals surface area contributed by atoms with Gasteiger partial charge in [0.05, 0.1) is 16.3 Å². The van der Waals surface area contributed by atoms with Crippen molar-refractivity contribution < 1.29 is 60.5 Å². The third-order valence-corrected chi connectivity index (χ3v) is 9.19. The van der Waals surface area contributed by atoms with Crippen LogP contribution in [-0.2, 0) is 61.0 Å². The average Bonchev–Trinajstić information content (AvgIpc) is 3.49. The summed E-state index contributed by atoms with van der Waals surface area (Å²) in [4.78, 5) is 51.3. The minimum absolute atomic E-state index is 0.0147. The lowest BCUT2D eigenvalue weighted by atomic mass is 9.98. The van der Waals surface area contributed by atoms with Crippen molar-refractivity contribution in [3.05, 3.63) is 107 Å². The maximum atomic E-state index is 16.3. The number of carbonyl (C=O) groups is 4. The molecule has 0 bridgehead atoms. The van der Waals surface area contributed by atoms with Gasteiger partial charge < -0.3 is 18.9 Å². The lowest BCUT2D eigenvalue weighted by Crippen LogP contribution is -2.27. The maximum absolute atomic E-state index is 16.3. The molecule has 0 atom stereocenters. The quantitative estimate of drug-likeness (QED) is 0.0562. The van der Waals surface area contributed by atoms with Crippen molar-refractivity contribution in [2.75, 3.05) is 13.6 Å². The summed E-state index contributed by atoms with van der Waals surface area (Å²) in [5, 5.41) is -0.0645. The van der Waals surface area contributed by atoms with Gasteiger partial charge in [0, 0.05) is 10.9 Å². The molecule has 4 rings (SSSR count). The zero-order valence-electron chi connectivity index (χ0n) is 29.6. The van der Waals surface area contributed by atoms with E-state index in [-0.39, 0.29) is 29.8 Å². The molecule has 0 saturated carbocycles. The highest BCUT2D eigenvalue weighted by Crippen LogP contribution is 2.67. The monoisotopic (exact) mass is 743 g/mol. The Kier molecular flexibility index (Phi) is 12.4. The Balaban J connectivity index is 1.70. The molecular formula is C37H40F2NO11P. The molecule has 1 heterocycles. The van der Waals surface area contributed by atoms with E-state index in [9.17, 15) is 23.7 Å². The van der Waals surface area contributed by atoms with Gasteiger partial charge in [0.2, 0.25) is 13.6 Å². The Labute approximate surface area is 299 Å². The van der Waals surface area contributed by atoms with Crippen molar-refractivity contribution in [3.63, 3.8) is 0 Å². The number of hydrogen-bond acceptors (Lipinski definition) is 11. The van der Waals surface area contributed by atoms with Crippen LogP contribution in [0.4, 0.5) is 13.6 Å². The first-order valence-corrected chi connectivity index (χ1v) is 17.6. The number of carbonyl (C=O) groups excluding carboxylic acids is 4. The van der Waals surface area contributed by atoms with Gasteiger partial charge in [0.15, 0.2) is 0 Å². The summed E-state index contributed by atoms with van der Waals surface area (Å²) >= 11 is 0. The van der Waals surface area contributed by atoms with Crippen LogP contribution in [0.5, 0.6) is 0 Å². The maximum Gasteiger partial charge on any atom is 0.419 e. The van der Waals surface area contributed by atoms with Gasteiger partial charge in [-0.05, 0) is 70.9 Å². The molecule has 0 aliphatic rings. The van der Waals surface area contributed by atoms with Crippen LogP contribution in [0.15, 0.2) is 84.9 Å². The fraction of sp³-hybridized carbons (Fsp3) is 0.351. The lowest BCUT2D eigenvalue weighted by molar-refractivity contribution is -0.163. The van der Waals surface area contributed by atoms with E-state index >= 15 is 8.78 Å². The Morgan fingerprint density at radius 1 is 0.654 bits per heavy atom. The number of hydrogen-bond donors (Lipinski definition) is 0. The molecule has 52 heavy (non-hydrogen) atoms. The van der Waals surface area contributed by atoms with Gasteiger partial charge in [-0.1, -0.05) is 66.7 Å². The summed E-state index contributed by atoms with van der Waals surface area (Å²) < 4.78 is 77.9. The van der Waals surface area contributed by atoms with Gasteiger partial charge in [-0.2, -0.15) is 8.78 Å². The van der Waals surface area contributed by atoms with Crippen LogP contribution < -0.4 is 0 Å². The van der Waals surface area contributed by atoms with E-state index in [1.54, 1.807) is 60.7 Å². The van der Waals surface area contributed by atoms with Crippen LogP contribution in [0.3, 0.4) is 0 Å². The highest BCUT2D eigenvalue weighted by molar-refractivity contribution is 7.54. The molecule has 0 aliphatic carbocycles. The third kappa shape index (κ3) is 9.69. The first kappa shape index (κ1) is 39.9. The molecule has 0 fully saturated rings. The van der Waals surface area contributed by atoms with E-state index in [1.165, 1.54) is 41.5 Å². The first-order chi connectivity index (χ1) is 24.3. The van der Waals surface area contributed by atoms with Crippen LogP contribution in [0.1, 0.15) is 68.7 Å². The second-order valence-corrected chi connectivity index (χ2v) is 15.7. The van der Waals surface area contributed by atoms with Crippen molar-refractivity contribution >= 4 is 42.5 Å². The van der Waals surface area contributed by atoms with Gasteiger partial charge in [0.1, 0.15) is 18.9 Å². The Morgan fingerprint density at radius 2 is 1.13 bits per heavy atom. The highest BCUT2D eigenvalue weighted by Gasteiger charge is 2.56. The van der Waals surface area contributed by atoms with Crippen LogP contribution in [0.25, 0.3) is 10.9 Å². The Bertz CT molecular complexity index is 1910. The molecule has 0 spiro atoms. The van der Waals surface area contributed by atoms with Crippen LogP contribution in [0, 0.1) is 10.8 Å². The summed E-state index contributed by atoms with van der Waals surface area (Å²) in [5.41, 5.74) is -6.50. The molecule has 278 valence electrons. The third-order valence-electron chi connectivity index (χ3n) is 7.35. The minimum atomic E-state index is -5.65. The predicted octanol–water partition coefficient (Wildman–Crippen LogP) is 8.55. The molecular weight excluding hydrogens is 703 g/mol. The summed E-state index contributed by atoms with van der Waals surface area (Å²) in [6, 6.07) is 21.4. The van der Waals surface area contributed by atoms with Gasteiger partial charge in [-0.15, -0.1) is 0 Å². The molecule has 0 N–H and O–H groups in total. The number of nitrogens with zero attached hydrogens (tertiary/aromatic N) is 1. The van der Waals surface area contributed by atoms with Crippen LogP contribution in [-0.4, -0.2) is 42.2 Å². The zero-order valence-corrected chi connectivity index (χ0v) is 30.4. The molecule has 0 aliphatic heterocycles. The smallest absolute Gasteiger partial charge is 0.419 e. The van der Waals surface area contributed by atoms with Crippen molar-refractivity contribution in [1.82, 2.24) is 4.57 Å². The van der Waals surface area contributed by atoms with Crippen molar-refractivity contribution in [3.8, 4) is 0 Å². The van der Waals surface area contributed by atoms with Crippen LogP contribution >= 0.6 is 7.60 Å². The van der Waals surface area contributed by atoms with E-state index in [0.717, 1.165) is 28.8 Å². The normalized spacial score (nSPS) is 12.3. The number of esters is 3. The van der Waals surface area contributed by atoms with E-state index in [2.05, 4.69) is 0 Å². The average molecular weight is 744 g/mol. The fourth-order valence-corrected chi connectivity index (χ4v) is 5.66. The van der Waals surface area contributed by atoms with Gasteiger partial charge in [0.25, 0.3) is 0 Å². The Hall–Kier alpha value is -4.91. The van der Waals surface area contributed by atoms with Crippen LogP contribution in [0.2, 0.25) is 0 Å². The Morgan fingerprint density at radius 3 is 1.62 bits per heavy atom. The van der Waals surface area contributed by atoms with Gasteiger partial charge in [-0.3, -0.25) is 23.2 Å². The number of halogens is 2. The molecule has 0 amide bonds. The minimum Gasteiger partial charge on any atom is -0.456 e. The molecule has 0 saturated heterocycles. The molecule has 0 unspecified atom stereocenters. The number of benzene rings is 3. The number of ether oxygens (including phenoxy) is 4. The molecule has 1 aromatic heterocycles. The second kappa shape index (κ2) is 16.2. The standard InChI is InChI=1S/C37H40F2NO11P/c1-35(2,3)32(42)48-23-50-52(45,51-24-49-33(43)36(4,5)6)37(38,39)28-17-18-29-27(19-28)20-30(31(41)46-21-25-13-9-7-10-14-25)40(29)34(44)47-22-26-15-11-8-12-16-26/h7-20H,21-24H2,1-6H3. The number of aromatic nitrogens is 1. The second-order valence-electron chi connectivity index (χ2n) is 13.6. The number of rotatable bonds is 13.